The van der Waals surface area contributed by atoms with Gasteiger partial charge in [-0.25, -0.2) is 4.79 Å². The van der Waals surface area contributed by atoms with Crippen LogP contribution in [0, 0.1) is 11.3 Å². The third-order valence-electron chi connectivity index (χ3n) is 6.35. The van der Waals surface area contributed by atoms with Crippen molar-refractivity contribution in [3.05, 3.63) is 64.3 Å². The number of H-pyrrole nitrogens is 1. The van der Waals surface area contributed by atoms with Crippen molar-refractivity contribution in [1.29, 1.82) is 5.26 Å². The van der Waals surface area contributed by atoms with Gasteiger partial charge in [-0.1, -0.05) is 19.9 Å². The molecule has 7 nitrogen and oxygen atoms in total. The summed E-state index contributed by atoms with van der Waals surface area (Å²) < 4.78 is 11.4. The number of nitrogens with zero attached hydrogens (tertiary/aromatic N) is 2. The van der Waals surface area contributed by atoms with Crippen LogP contribution in [0.1, 0.15) is 74.3 Å². The Morgan fingerprint density at radius 1 is 1.17 bits per heavy atom. The Balaban J connectivity index is 1.57. The van der Waals surface area contributed by atoms with Gasteiger partial charge in [0.1, 0.15) is 18.0 Å². The fourth-order valence-corrected chi connectivity index (χ4v) is 4.55. The molecule has 1 heterocycles. The number of ether oxygens (including phenoxy) is 2. The van der Waals surface area contributed by atoms with E-state index in [9.17, 15) is 14.9 Å². The standard InChI is InChI=1S/C28H31N3O4/c1-7-31(26(33)35-27(2,3)4)12-13-34-18-9-11-19-21(15-18)28(5,6)25-23(24(19)32)20-10-8-17(16-29)14-22(20)30-25/h8-11,14-15,30H,7,12-13H2,1-6H3. The van der Waals surface area contributed by atoms with Crippen LogP contribution in [0.3, 0.4) is 0 Å². The lowest BCUT2D eigenvalue weighted by Gasteiger charge is -2.32. The fraction of sp³-hybridized carbons (Fsp3) is 0.393. The second-order valence-corrected chi connectivity index (χ2v) is 10.3. The molecule has 0 bridgehead atoms. The summed E-state index contributed by atoms with van der Waals surface area (Å²) in [6.45, 7) is 12.8. The van der Waals surface area contributed by atoms with Gasteiger partial charge in [0.25, 0.3) is 0 Å². The van der Waals surface area contributed by atoms with Crippen LogP contribution in [-0.2, 0) is 10.2 Å². The SMILES string of the molecule is CCN(CCOc1ccc2c(c1)C(C)(C)c1[nH]c3cc(C#N)ccc3c1C2=O)C(=O)OC(C)(C)C. The number of ketones is 1. The van der Waals surface area contributed by atoms with Gasteiger partial charge in [-0.3, -0.25) is 4.79 Å². The van der Waals surface area contributed by atoms with Crippen LogP contribution in [0.4, 0.5) is 4.79 Å². The first kappa shape index (κ1) is 24.3. The molecule has 0 spiro atoms. The maximum Gasteiger partial charge on any atom is 0.410 e. The third-order valence-corrected chi connectivity index (χ3v) is 6.35. The summed E-state index contributed by atoms with van der Waals surface area (Å²) in [5.41, 5.74) is 3.30. The lowest BCUT2D eigenvalue weighted by atomic mass is 9.71. The average Bonchev–Trinajstić information content (AvgIpc) is 3.19. The van der Waals surface area contributed by atoms with Crippen LogP contribution in [-0.4, -0.2) is 47.1 Å². The van der Waals surface area contributed by atoms with Gasteiger partial charge in [-0.15, -0.1) is 0 Å². The molecule has 4 rings (SSSR count). The predicted molar refractivity (Wildman–Crippen MR) is 134 cm³/mol. The van der Waals surface area contributed by atoms with E-state index in [1.165, 1.54) is 0 Å². The van der Waals surface area contributed by atoms with Gasteiger partial charge in [0.2, 0.25) is 0 Å². The van der Waals surface area contributed by atoms with E-state index in [4.69, 9.17) is 9.47 Å². The molecule has 1 aromatic heterocycles. The number of nitriles is 1. The number of aromatic amines is 1. The van der Waals surface area contributed by atoms with Crippen molar-refractivity contribution < 1.29 is 19.1 Å². The molecule has 0 atom stereocenters. The number of benzene rings is 2. The molecule has 0 saturated carbocycles. The average molecular weight is 474 g/mol. The highest BCUT2D eigenvalue weighted by Crippen LogP contribution is 2.44. The minimum Gasteiger partial charge on any atom is -0.492 e. The van der Waals surface area contributed by atoms with Gasteiger partial charge in [-0.05, 0) is 63.6 Å². The van der Waals surface area contributed by atoms with Gasteiger partial charge in [0.15, 0.2) is 5.78 Å². The summed E-state index contributed by atoms with van der Waals surface area (Å²) in [7, 11) is 0. The quantitative estimate of drug-likeness (QED) is 0.524. The zero-order valence-electron chi connectivity index (χ0n) is 21.1. The number of aromatic nitrogens is 1. The minimum atomic E-state index is -0.556. The molecule has 0 radical (unpaired) electrons. The number of hydrogen-bond donors (Lipinski definition) is 1. The van der Waals surface area contributed by atoms with Crippen LogP contribution in [0.5, 0.6) is 5.75 Å². The van der Waals surface area contributed by atoms with E-state index in [1.54, 1.807) is 23.1 Å². The summed E-state index contributed by atoms with van der Waals surface area (Å²) in [5, 5.41) is 10.1. The van der Waals surface area contributed by atoms with Crippen molar-refractivity contribution in [3.63, 3.8) is 0 Å². The lowest BCUT2D eigenvalue weighted by molar-refractivity contribution is 0.0237. The van der Waals surface area contributed by atoms with Gasteiger partial charge in [0, 0.05) is 34.1 Å². The number of hydrogen-bond acceptors (Lipinski definition) is 5. The Bertz CT molecular complexity index is 1360. The first-order chi connectivity index (χ1) is 16.5. The first-order valence-corrected chi connectivity index (χ1v) is 11.8. The van der Waals surface area contributed by atoms with Crippen molar-refractivity contribution in [2.75, 3.05) is 19.7 Å². The van der Waals surface area contributed by atoms with Crippen molar-refractivity contribution in [2.24, 2.45) is 0 Å². The summed E-state index contributed by atoms with van der Waals surface area (Å²) in [6.07, 6.45) is -0.369. The summed E-state index contributed by atoms with van der Waals surface area (Å²) in [5.74, 6) is 0.593. The van der Waals surface area contributed by atoms with E-state index < -0.39 is 11.0 Å². The minimum absolute atomic E-state index is 0.0427. The highest BCUT2D eigenvalue weighted by Gasteiger charge is 2.39. The maximum atomic E-state index is 13.5. The molecular formula is C28H31N3O4. The van der Waals surface area contributed by atoms with Crippen LogP contribution in [0.15, 0.2) is 36.4 Å². The maximum absolute atomic E-state index is 13.5. The first-order valence-electron chi connectivity index (χ1n) is 11.8. The highest BCUT2D eigenvalue weighted by molar-refractivity contribution is 6.20. The van der Waals surface area contributed by atoms with Crippen LogP contribution in [0.25, 0.3) is 10.9 Å². The second-order valence-electron chi connectivity index (χ2n) is 10.3. The van der Waals surface area contributed by atoms with E-state index in [1.807, 2.05) is 45.9 Å². The lowest BCUT2D eigenvalue weighted by Crippen LogP contribution is -2.39. The highest BCUT2D eigenvalue weighted by atomic mass is 16.6. The van der Waals surface area contributed by atoms with Crippen LogP contribution in [0.2, 0.25) is 0 Å². The van der Waals surface area contributed by atoms with Crippen LogP contribution >= 0.6 is 0 Å². The Morgan fingerprint density at radius 3 is 2.57 bits per heavy atom. The smallest absolute Gasteiger partial charge is 0.410 e. The van der Waals surface area contributed by atoms with E-state index >= 15 is 0 Å². The fourth-order valence-electron chi connectivity index (χ4n) is 4.55. The molecule has 0 aliphatic heterocycles. The Hall–Kier alpha value is -3.79. The Labute approximate surface area is 205 Å². The van der Waals surface area contributed by atoms with E-state index in [2.05, 4.69) is 24.9 Å². The number of rotatable bonds is 5. The largest absolute Gasteiger partial charge is 0.492 e. The molecule has 0 saturated heterocycles. The topological polar surface area (TPSA) is 95.4 Å². The van der Waals surface area contributed by atoms with E-state index in [-0.39, 0.29) is 11.9 Å². The molecule has 0 unspecified atom stereocenters. The molecule has 7 heteroatoms. The third kappa shape index (κ3) is 4.49. The monoisotopic (exact) mass is 473 g/mol. The molecule has 1 aliphatic carbocycles. The summed E-state index contributed by atoms with van der Waals surface area (Å²) in [4.78, 5) is 30.8. The van der Waals surface area contributed by atoms with Gasteiger partial charge in [-0.2, -0.15) is 5.26 Å². The Morgan fingerprint density at radius 2 is 1.91 bits per heavy atom. The number of amides is 1. The van der Waals surface area contributed by atoms with Gasteiger partial charge < -0.3 is 19.4 Å². The molecule has 182 valence electrons. The van der Waals surface area contributed by atoms with Crippen molar-refractivity contribution in [2.45, 2.75) is 52.6 Å². The number of carbonyl (C=O) groups is 2. The molecule has 35 heavy (non-hydrogen) atoms. The zero-order valence-corrected chi connectivity index (χ0v) is 21.1. The molecule has 3 aromatic rings. The van der Waals surface area contributed by atoms with Gasteiger partial charge in [0.05, 0.1) is 23.7 Å². The number of carbonyl (C=O) groups excluding carboxylic acids is 2. The normalized spacial score (nSPS) is 14.1. The zero-order chi connectivity index (χ0) is 25.5. The number of nitrogens with one attached hydrogen (secondary N) is 1. The number of fused-ring (bicyclic) bond motifs is 4. The van der Waals surface area contributed by atoms with E-state index in [0.29, 0.717) is 42.1 Å². The van der Waals surface area contributed by atoms with Crippen molar-refractivity contribution in [3.8, 4) is 11.8 Å². The van der Waals surface area contributed by atoms with Crippen molar-refractivity contribution >= 4 is 22.8 Å². The molecule has 1 N–H and O–H groups in total. The molecule has 2 aromatic carbocycles. The summed E-state index contributed by atoms with van der Waals surface area (Å²) in [6, 6.07) is 13.0. The second kappa shape index (κ2) is 8.77. The molecule has 0 fully saturated rings. The van der Waals surface area contributed by atoms with Gasteiger partial charge >= 0.3 is 6.09 Å². The van der Waals surface area contributed by atoms with Crippen molar-refractivity contribution in [1.82, 2.24) is 9.88 Å². The summed E-state index contributed by atoms with van der Waals surface area (Å²) >= 11 is 0. The Kier molecular flexibility index (Phi) is 6.10. The van der Waals surface area contributed by atoms with Crippen LogP contribution < -0.4 is 4.74 Å². The molecular weight excluding hydrogens is 442 g/mol. The van der Waals surface area contributed by atoms with E-state index in [0.717, 1.165) is 22.2 Å². The number of likely N-dealkylation sites (N-methyl/N-ethyl adjacent to an activating group) is 1. The predicted octanol–water partition coefficient (Wildman–Crippen LogP) is 5.55. The molecule has 1 amide bonds. The molecule has 1 aliphatic rings.